The number of carbonyl (C=O) groups is 2. The third kappa shape index (κ3) is 4.17. The van der Waals surface area contributed by atoms with Crippen LogP contribution in [0.25, 0.3) is 0 Å². The molecule has 0 radical (unpaired) electrons. The number of fused-ring (bicyclic) bond motifs is 1. The van der Waals surface area contributed by atoms with E-state index >= 15 is 0 Å². The Morgan fingerprint density at radius 1 is 1.23 bits per heavy atom. The summed E-state index contributed by atoms with van der Waals surface area (Å²) in [6, 6.07) is 5.77. The number of likely N-dealkylation sites (N-methyl/N-ethyl adjacent to an activating group) is 1. The van der Waals surface area contributed by atoms with Gasteiger partial charge in [0.05, 0.1) is 6.54 Å². The molecular weight excluding hydrogens is 410 g/mol. The van der Waals surface area contributed by atoms with Crippen LogP contribution in [0.1, 0.15) is 19.3 Å². The van der Waals surface area contributed by atoms with Crippen molar-refractivity contribution in [2.75, 3.05) is 33.3 Å². The van der Waals surface area contributed by atoms with E-state index in [0.717, 1.165) is 32.4 Å². The van der Waals surface area contributed by atoms with Crippen LogP contribution in [0, 0.1) is 0 Å². The molecule has 3 heterocycles. The van der Waals surface area contributed by atoms with Crippen LogP contribution in [0.3, 0.4) is 0 Å². The van der Waals surface area contributed by atoms with E-state index in [2.05, 4.69) is 10.2 Å². The molecule has 2 N–H and O–H groups in total. The molecule has 0 aromatic heterocycles. The van der Waals surface area contributed by atoms with Gasteiger partial charge in [-0.25, -0.2) is 9.79 Å². The van der Waals surface area contributed by atoms with Gasteiger partial charge in [0.2, 0.25) is 0 Å². The van der Waals surface area contributed by atoms with Gasteiger partial charge in [0.1, 0.15) is 18.5 Å². The number of amides is 3. The normalized spacial score (nSPS) is 25.0. The van der Waals surface area contributed by atoms with Crippen molar-refractivity contribution in [1.82, 2.24) is 20.0 Å². The molecule has 9 nitrogen and oxygen atoms in total. The molecule has 3 aliphatic rings. The first kappa shape index (κ1) is 20.7. The molecule has 3 amide bonds. The molecule has 2 fully saturated rings. The van der Waals surface area contributed by atoms with E-state index in [-0.39, 0.29) is 13.2 Å². The monoisotopic (exact) mass is 435 g/mol. The van der Waals surface area contributed by atoms with Gasteiger partial charge in [-0.3, -0.25) is 10.1 Å². The van der Waals surface area contributed by atoms with Crippen LogP contribution in [0.2, 0.25) is 5.02 Å². The Morgan fingerprint density at radius 3 is 2.63 bits per heavy atom. The molecule has 10 heteroatoms. The second kappa shape index (κ2) is 8.69. The fourth-order valence-corrected chi connectivity index (χ4v) is 4.19. The van der Waals surface area contributed by atoms with Gasteiger partial charge in [0.15, 0.2) is 18.2 Å². The number of likely N-dealkylation sites (tertiary alicyclic amines) is 1. The predicted molar refractivity (Wildman–Crippen MR) is 111 cm³/mol. The fraction of sp³-hybridized carbons (Fsp3) is 0.550. The number of urea groups is 1. The molecule has 0 saturated carbocycles. The topological polar surface area (TPSA) is 97.7 Å². The Balaban J connectivity index is 1.49. The van der Waals surface area contributed by atoms with Crippen molar-refractivity contribution in [2.24, 2.45) is 4.99 Å². The van der Waals surface area contributed by atoms with E-state index in [0.29, 0.717) is 16.7 Å². The third-order valence-corrected chi connectivity index (χ3v) is 5.89. The number of piperidine rings is 1. The minimum Gasteiger partial charge on any atom is -0.491 e. The summed E-state index contributed by atoms with van der Waals surface area (Å²) in [5.41, 5.74) is 0. The lowest BCUT2D eigenvalue weighted by Gasteiger charge is -2.39. The largest absolute Gasteiger partial charge is 0.491 e. The van der Waals surface area contributed by atoms with Gasteiger partial charge < -0.3 is 24.5 Å². The number of carbonyl (C=O) groups excluding carboxylic acids is 2. The second-order valence-electron chi connectivity index (χ2n) is 7.81. The molecule has 2 saturated heterocycles. The summed E-state index contributed by atoms with van der Waals surface area (Å²) in [5, 5.41) is 13.6. The SMILES string of the molecule is CN1C(=O)NC(=O)C2C1N=C(N1CCCCC1)N2CC(O)COc1ccc(Cl)cc1. The maximum atomic E-state index is 12.6. The number of nitrogens with zero attached hydrogens (tertiary/aromatic N) is 4. The Kier molecular flexibility index (Phi) is 6.01. The highest BCUT2D eigenvalue weighted by molar-refractivity contribution is 6.30. The molecular formula is C20H26ClN5O4. The number of β-amino-alcohol motifs (C(OH)–C–C–N with tert-alkyl or cyclic N) is 1. The summed E-state index contributed by atoms with van der Waals surface area (Å²) in [5.74, 6) is 0.861. The van der Waals surface area contributed by atoms with Crippen LogP contribution in [0.15, 0.2) is 29.3 Å². The zero-order valence-corrected chi connectivity index (χ0v) is 17.6. The first-order valence-electron chi connectivity index (χ1n) is 10.2. The lowest BCUT2D eigenvalue weighted by atomic mass is 10.1. The van der Waals surface area contributed by atoms with Crippen molar-refractivity contribution in [1.29, 1.82) is 0 Å². The van der Waals surface area contributed by atoms with Crippen molar-refractivity contribution in [3.05, 3.63) is 29.3 Å². The van der Waals surface area contributed by atoms with Crippen LogP contribution in [0.5, 0.6) is 5.75 Å². The van der Waals surface area contributed by atoms with Crippen molar-refractivity contribution < 1.29 is 19.4 Å². The Bertz CT molecular complexity index is 827. The minimum atomic E-state index is -0.856. The average molecular weight is 436 g/mol. The van der Waals surface area contributed by atoms with Crippen LogP contribution >= 0.6 is 11.6 Å². The first-order chi connectivity index (χ1) is 14.4. The number of benzene rings is 1. The van der Waals surface area contributed by atoms with Crippen molar-refractivity contribution in [3.8, 4) is 5.75 Å². The number of guanidine groups is 1. The molecule has 30 heavy (non-hydrogen) atoms. The van der Waals surface area contributed by atoms with Gasteiger partial charge in [0, 0.05) is 25.2 Å². The summed E-state index contributed by atoms with van der Waals surface area (Å²) >= 11 is 5.88. The molecule has 3 unspecified atom stereocenters. The van der Waals surface area contributed by atoms with E-state index in [1.165, 1.54) is 4.90 Å². The molecule has 0 spiro atoms. The Labute approximate surface area is 180 Å². The predicted octanol–water partition coefficient (Wildman–Crippen LogP) is 1.11. The summed E-state index contributed by atoms with van der Waals surface area (Å²) in [6.07, 6.45) is 1.79. The zero-order valence-electron chi connectivity index (χ0n) is 16.8. The maximum absolute atomic E-state index is 12.6. The number of hydrogen-bond donors (Lipinski definition) is 2. The lowest BCUT2D eigenvalue weighted by Crippen LogP contribution is -2.65. The highest BCUT2D eigenvalue weighted by Crippen LogP contribution is 2.27. The zero-order chi connectivity index (χ0) is 21.3. The van der Waals surface area contributed by atoms with Crippen molar-refractivity contribution in [3.63, 3.8) is 0 Å². The van der Waals surface area contributed by atoms with E-state index in [9.17, 15) is 14.7 Å². The number of nitrogens with one attached hydrogen (secondary N) is 1. The Hall–Kier alpha value is -2.52. The third-order valence-electron chi connectivity index (χ3n) is 5.64. The summed E-state index contributed by atoms with van der Waals surface area (Å²) in [4.78, 5) is 34.8. The highest BCUT2D eigenvalue weighted by Gasteiger charge is 2.50. The number of aliphatic hydroxyl groups is 1. The van der Waals surface area contributed by atoms with Gasteiger partial charge in [-0.15, -0.1) is 0 Å². The molecule has 0 aliphatic carbocycles. The number of aliphatic hydroxyl groups excluding tert-OH is 1. The average Bonchev–Trinajstić information content (AvgIpc) is 3.12. The molecule has 3 aliphatic heterocycles. The summed E-state index contributed by atoms with van der Waals surface area (Å²) < 4.78 is 5.66. The van der Waals surface area contributed by atoms with Gasteiger partial charge >= 0.3 is 6.03 Å². The van der Waals surface area contributed by atoms with E-state index in [1.54, 1.807) is 31.3 Å². The van der Waals surface area contributed by atoms with Crippen molar-refractivity contribution >= 4 is 29.5 Å². The molecule has 4 rings (SSSR count). The molecule has 1 aromatic rings. The number of hydrogen-bond acceptors (Lipinski definition) is 7. The van der Waals surface area contributed by atoms with Gasteiger partial charge in [-0.05, 0) is 43.5 Å². The lowest BCUT2D eigenvalue weighted by molar-refractivity contribution is -0.127. The van der Waals surface area contributed by atoms with Crippen molar-refractivity contribution in [2.45, 2.75) is 37.6 Å². The van der Waals surface area contributed by atoms with E-state index in [1.807, 2.05) is 4.90 Å². The number of imide groups is 1. The van der Waals surface area contributed by atoms with Gasteiger partial charge in [-0.1, -0.05) is 11.6 Å². The standard InChI is InChI=1S/C20H26ClN5O4/c1-24-17-16(18(28)23-20(24)29)26(19(22-17)25-9-3-2-4-10-25)11-14(27)12-30-15-7-5-13(21)6-8-15/h5-8,14,16-17,27H,2-4,9-12H2,1H3,(H,23,28,29). The molecule has 3 atom stereocenters. The van der Waals surface area contributed by atoms with E-state index < -0.39 is 30.2 Å². The van der Waals surface area contributed by atoms with E-state index in [4.69, 9.17) is 21.3 Å². The van der Waals surface area contributed by atoms with Crippen LogP contribution in [-0.2, 0) is 4.79 Å². The number of halogens is 1. The molecule has 0 bridgehead atoms. The number of rotatable bonds is 5. The highest BCUT2D eigenvalue weighted by atomic mass is 35.5. The molecule has 1 aromatic carbocycles. The maximum Gasteiger partial charge on any atom is 0.325 e. The number of ether oxygens (including phenoxy) is 1. The summed E-state index contributed by atoms with van der Waals surface area (Å²) in [6.45, 7) is 1.90. The first-order valence-corrected chi connectivity index (χ1v) is 10.6. The van der Waals surface area contributed by atoms with Crippen LogP contribution < -0.4 is 10.1 Å². The van der Waals surface area contributed by atoms with Gasteiger partial charge in [-0.2, -0.15) is 0 Å². The minimum absolute atomic E-state index is 0.0547. The van der Waals surface area contributed by atoms with Gasteiger partial charge in [0.25, 0.3) is 5.91 Å². The van der Waals surface area contributed by atoms with Crippen LogP contribution in [0.4, 0.5) is 4.79 Å². The number of aliphatic imine (C=N–C) groups is 1. The molecule has 162 valence electrons. The Morgan fingerprint density at radius 2 is 1.93 bits per heavy atom. The summed E-state index contributed by atoms with van der Waals surface area (Å²) in [7, 11) is 1.63. The fourth-order valence-electron chi connectivity index (χ4n) is 4.07. The second-order valence-corrected chi connectivity index (χ2v) is 8.25. The quantitative estimate of drug-likeness (QED) is 0.719. The smallest absolute Gasteiger partial charge is 0.325 e. The van der Waals surface area contributed by atoms with Crippen LogP contribution in [-0.4, -0.2) is 89.3 Å².